The van der Waals surface area contributed by atoms with Crippen molar-refractivity contribution in [3.63, 3.8) is 0 Å². The molecule has 0 aliphatic carbocycles. The predicted octanol–water partition coefficient (Wildman–Crippen LogP) is 3.22. The highest BCUT2D eigenvalue weighted by atomic mass is 19.1. The van der Waals surface area contributed by atoms with Crippen LogP contribution in [0.4, 0.5) is 4.39 Å². The van der Waals surface area contributed by atoms with Crippen LogP contribution in [0.25, 0.3) is 22.2 Å². The second kappa shape index (κ2) is 5.35. The summed E-state index contributed by atoms with van der Waals surface area (Å²) in [5.74, 6) is 0.691. The summed E-state index contributed by atoms with van der Waals surface area (Å²) in [7, 11) is 0. The first-order valence-electron chi connectivity index (χ1n) is 8.18. The minimum Gasteiger partial charge on any atom is -0.488 e. The third-order valence-corrected chi connectivity index (χ3v) is 4.70. The summed E-state index contributed by atoms with van der Waals surface area (Å²) in [6, 6.07) is 4.97. The Balaban J connectivity index is 1.79. The molecule has 4 heterocycles. The number of pyridine rings is 1. The third-order valence-electron chi connectivity index (χ3n) is 4.70. The van der Waals surface area contributed by atoms with E-state index in [0.717, 1.165) is 11.1 Å². The van der Waals surface area contributed by atoms with E-state index in [1.54, 1.807) is 24.0 Å². The van der Waals surface area contributed by atoms with Gasteiger partial charge in [0, 0.05) is 18.0 Å². The lowest BCUT2D eigenvalue weighted by molar-refractivity contribution is 0.247. The SMILES string of the molecule is Cc1noc(C)c1-c1cc(F)c2nnn3c2c1OCC3c1cccnc1. The van der Waals surface area contributed by atoms with Crippen molar-refractivity contribution in [2.45, 2.75) is 19.9 Å². The molecule has 0 fully saturated rings. The van der Waals surface area contributed by atoms with Gasteiger partial charge in [0.2, 0.25) is 0 Å². The fourth-order valence-corrected chi connectivity index (χ4v) is 3.52. The van der Waals surface area contributed by atoms with Crippen LogP contribution in [-0.2, 0) is 0 Å². The molecule has 0 spiro atoms. The van der Waals surface area contributed by atoms with Crippen LogP contribution in [0, 0.1) is 19.7 Å². The molecular weight excluding hydrogens is 337 g/mol. The summed E-state index contributed by atoms with van der Waals surface area (Å²) >= 11 is 0. The van der Waals surface area contributed by atoms with E-state index in [4.69, 9.17) is 9.26 Å². The number of halogens is 1. The molecular formula is C18H14FN5O2. The minimum absolute atomic E-state index is 0.184. The van der Waals surface area contributed by atoms with Crippen LogP contribution in [0.1, 0.15) is 23.1 Å². The maximum Gasteiger partial charge on any atom is 0.155 e. The Hall–Kier alpha value is -3.29. The summed E-state index contributed by atoms with van der Waals surface area (Å²) in [5.41, 5.74) is 3.64. The van der Waals surface area contributed by atoms with Crippen LogP contribution in [0.2, 0.25) is 0 Å². The van der Waals surface area contributed by atoms with Gasteiger partial charge in [-0.1, -0.05) is 16.4 Å². The monoisotopic (exact) mass is 351 g/mol. The first-order valence-corrected chi connectivity index (χ1v) is 8.18. The zero-order valence-corrected chi connectivity index (χ0v) is 14.1. The van der Waals surface area contributed by atoms with Gasteiger partial charge < -0.3 is 9.26 Å². The van der Waals surface area contributed by atoms with Gasteiger partial charge in [0.05, 0.1) is 11.3 Å². The van der Waals surface area contributed by atoms with E-state index in [9.17, 15) is 4.39 Å². The maximum absolute atomic E-state index is 14.8. The van der Waals surface area contributed by atoms with Crippen LogP contribution in [-0.4, -0.2) is 31.7 Å². The smallest absolute Gasteiger partial charge is 0.155 e. The van der Waals surface area contributed by atoms with E-state index in [-0.39, 0.29) is 11.6 Å². The van der Waals surface area contributed by atoms with E-state index in [0.29, 0.717) is 34.9 Å². The van der Waals surface area contributed by atoms with Gasteiger partial charge in [-0.2, -0.15) is 0 Å². The second-order valence-corrected chi connectivity index (χ2v) is 6.28. The quantitative estimate of drug-likeness (QED) is 0.552. The number of hydrogen-bond acceptors (Lipinski definition) is 6. The average molecular weight is 351 g/mol. The van der Waals surface area contributed by atoms with E-state index in [2.05, 4.69) is 20.5 Å². The lowest BCUT2D eigenvalue weighted by Crippen LogP contribution is -2.24. The fraction of sp³-hybridized carbons (Fsp3) is 0.222. The highest BCUT2D eigenvalue weighted by molar-refractivity contribution is 5.92. The molecule has 0 radical (unpaired) electrons. The Morgan fingerprint density at radius 1 is 1.31 bits per heavy atom. The van der Waals surface area contributed by atoms with Crippen LogP contribution in [0.5, 0.6) is 5.75 Å². The fourth-order valence-electron chi connectivity index (χ4n) is 3.52. The molecule has 0 bridgehead atoms. The minimum atomic E-state index is -0.458. The van der Waals surface area contributed by atoms with Crippen molar-refractivity contribution < 1.29 is 13.7 Å². The first-order chi connectivity index (χ1) is 12.6. The standard InChI is InChI=1S/C18H14FN5O2/c1-9-15(10(2)26-22-9)12-6-13(19)16-17-18(12)25-8-14(24(17)23-21-16)11-4-3-5-20-7-11/h3-7,14H,8H2,1-2H3. The summed E-state index contributed by atoms with van der Waals surface area (Å²) < 4.78 is 27.8. The molecule has 1 unspecified atom stereocenters. The molecule has 8 heteroatoms. The number of aryl methyl sites for hydroxylation is 2. The van der Waals surface area contributed by atoms with E-state index in [1.807, 2.05) is 19.1 Å². The van der Waals surface area contributed by atoms with Crippen LogP contribution in [0.3, 0.4) is 0 Å². The van der Waals surface area contributed by atoms with Gasteiger partial charge in [-0.05, 0) is 31.5 Å². The Kier molecular flexibility index (Phi) is 3.09. The van der Waals surface area contributed by atoms with Crippen molar-refractivity contribution in [3.05, 3.63) is 53.4 Å². The van der Waals surface area contributed by atoms with Crippen molar-refractivity contribution in [2.24, 2.45) is 0 Å². The zero-order chi connectivity index (χ0) is 17.8. The molecule has 3 aromatic heterocycles. The van der Waals surface area contributed by atoms with Crippen molar-refractivity contribution >= 4 is 11.0 Å². The van der Waals surface area contributed by atoms with Gasteiger partial charge in [0.15, 0.2) is 17.1 Å². The molecule has 0 amide bonds. The number of rotatable bonds is 2. The molecule has 1 atom stereocenters. The van der Waals surface area contributed by atoms with E-state index < -0.39 is 5.82 Å². The molecule has 130 valence electrons. The van der Waals surface area contributed by atoms with E-state index in [1.165, 1.54) is 6.07 Å². The maximum atomic E-state index is 14.8. The summed E-state index contributed by atoms with van der Waals surface area (Å²) in [6.07, 6.45) is 3.45. The Labute approximate surface area is 147 Å². The number of nitrogens with zero attached hydrogens (tertiary/aromatic N) is 5. The van der Waals surface area contributed by atoms with Crippen molar-refractivity contribution in [1.82, 2.24) is 25.1 Å². The highest BCUT2D eigenvalue weighted by Gasteiger charge is 2.31. The number of hydrogen-bond donors (Lipinski definition) is 0. The Morgan fingerprint density at radius 2 is 2.19 bits per heavy atom. The molecule has 1 aliphatic rings. The normalized spacial score (nSPS) is 16.0. The van der Waals surface area contributed by atoms with Crippen molar-refractivity contribution in [3.8, 4) is 16.9 Å². The van der Waals surface area contributed by atoms with Crippen molar-refractivity contribution in [1.29, 1.82) is 0 Å². The molecule has 0 N–H and O–H groups in total. The van der Waals surface area contributed by atoms with Crippen molar-refractivity contribution in [2.75, 3.05) is 6.61 Å². The summed E-state index contributed by atoms with van der Waals surface area (Å²) in [6.45, 7) is 3.96. The number of benzene rings is 1. The van der Waals surface area contributed by atoms with Crippen LogP contribution < -0.4 is 4.74 Å². The van der Waals surface area contributed by atoms with E-state index >= 15 is 0 Å². The van der Waals surface area contributed by atoms with Gasteiger partial charge in [0.25, 0.3) is 0 Å². The molecule has 1 aliphatic heterocycles. The lowest BCUT2D eigenvalue weighted by atomic mass is 10.00. The second-order valence-electron chi connectivity index (χ2n) is 6.28. The molecule has 4 aromatic rings. The lowest BCUT2D eigenvalue weighted by Gasteiger charge is -2.25. The van der Waals surface area contributed by atoms with Gasteiger partial charge in [-0.3, -0.25) is 4.98 Å². The van der Waals surface area contributed by atoms with Gasteiger partial charge in [0.1, 0.15) is 23.9 Å². The summed E-state index contributed by atoms with van der Waals surface area (Å²) in [4.78, 5) is 4.15. The zero-order valence-electron chi connectivity index (χ0n) is 14.1. The topological polar surface area (TPSA) is 78.9 Å². The highest BCUT2D eigenvalue weighted by Crippen LogP contribution is 2.43. The molecule has 26 heavy (non-hydrogen) atoms. The molecule has 5 rings (SSSR count). The number of ether oxygens (including phenoxy) is 1. The van der Waals surface area contributed by atoms with Crippen LogP contribution >= 0.6 is 0 Å². The Morgan fingerprint density at radius 3 is 2.92 bits per heavy atom. The van der Waals surface area contributed by atoms with Crippen LogP contribution in [0.15, 0.2) is 35.1 Å². The predicted molar refractivity (Wildman–Crippen MR) is 90.3 cm³/mol. The largest absolute Gasteiger partial charge is 0.488 e. The first kappa shape index (κ1) is 15.0. The van der Waals surface area contributed by atoms with Gasteiger partial charge in [-0.25, -0.2) is 9.07 Å². The average Bonchev–Trinajstić information content (AvgIpc) is 3.24. The third kappa shape index (κ3) is 1.98. The molecule has 7 nitrogen and oxygen atoms in total. The number of aromatic nitrogens is 5. The summed E-state index contributed by atoms with van der Waals surface area (Å²) in [5, 5.41) is 12.2. The molecule has 1 aromatic carbocycles. The van der Waals surface area contributed by atoms with Gasteiger partial charge in [-0.15, -0.1) is 5.10 Å². The molecule has 0 saturated carbocycles. The molecule has 0 saturated heterocycles. The van der Waals surface area contributed by atoms with Gasteiger partial charge >= 0.3 is 0 Å². The Bertz CT molecular complexity index is 1120.